The molecule has 8 nitrogen and oxygen atoms in total. The Morgan fingerprint density at radius 1 is 1.31 bits per heavy atom. The third-order valence-corrected chi connectivity index (χ3v) is 4.70. The molecule has 0 saturated heterocycles. The zero-order valence-corrected chi connectivity index (χ0v) is 16.8. The first-order chi connectivity index (χ1) is 14.1. The number of hydrogen-bond acceptors (Lipinski definition) is 7. The maximum atomic E-state index is 12.3. The predicted octanol–water partition coefficient (Wildman–Crippen LogP) is 3.06. The third-order valence-electron chi connectivity index (χ3n) is 3.79. The molecule has 0 aliphatic rings. The Morgan fingerprint density at radius 3 is 2.90 bits per heavy atom. The number of nitrogens with one attached hydrogen (secondary N) is 2. The van der Waals surface area contributed by atoms with Crippen molar-refractivity contribution in [2.75, 3.05) is 13.7 Å². The number of aromatic nitrogens is 2. The molecule has 1 aromatic carbocycles. The van der Waals surface area contributed by atoms with E-state index in [2.05, 4.69) is 20.5 Å². The largest absolute Gasteiger partial charge is 0.493 e. The predicted molar refractivity (Wildman–Crippen MR) is 112 cm³/mol. The van der Waals surface area contributed by atoms with Crippen molar-refractivity contribution in [2.45, 2.75) is 13.3 Å². The van der Waals surface area contributed by atoms with Crippen molar-refractivity contribution < 1.29 is 14.3 Å². The van der Waals surface area contributed by atoms with Crippen LogP contribution in [-0.4, -0.2) is 35.8 Å². The normalized spacial score (nSPS) is 10.8. The number of thiophene rings is 1. The topological polar surface area (TPSA) is 106 Å². The summed E-state index contributed by atoms with van der Waals surface area (Å²) in [6, 6.07) is 10.5. The van der Waals surface area contributed by atoms with E-state index >= 15 is 0 Å². The zero-order chi connectivity index (χ0) is 20.6. The van der Waals surface area contributed by atoms with Crippen molar-refractivity contribution in [3.8, 4) is 22.1 Å². The van der Waals surface area contributed by atoms with Crippen LogP contribution >= 0.6 is 11.3 Å². The van der Waals surface area contributed by atoms with Gasteiger partial charge < -0.3 is 14.5 Å². The molecular weight excluding hydrogens is 392 g/mol. The van der Waals surface area contributed by atoms with Gasteiger partial charge in [0.2, 0.25) is 0 Å². The van der Waals surface area contributed by atoms with Crippen LogP contribution in [0.15, 0.2) is 51.7 Å². The van der Waals surface area contributed by atoms with E-state index in [1.807, 2.05) is 24.4 Å². The third kappa shape index (κ3) is 5.29. The fraction of sp³-hybridized carbons (Fsp3) is 0.200. The second-order valence-corrected chi connectivity index (χ2v) is 6.87. The highest BCUT2D eigenvalue weighted by atomic mass is 32.1. The first-order valence-electron chi connectivity index (χ1n) is 8.90. The lowest BCUT2D eigenvalue weighted by Gasteiger charge is -2.10. The summed E-state index contributed by atoms with van der Waals surface area (Å²) < 4.78 is 10.9. The minimum absolute atomic E-state index is 0.0176. The van der Waals surface area contributed by atoms with Crippen molar-refractivity contribution in [1.82, 2.24) is 15.4 Å². The molecule has 0 radical (unpaired) electrons. The van der Waals surface area contributed by atoms with Crippen LogP contribution in [0.5, 0.6) is 11.5 Å². The molecule has 0 bridgehead atoms. The molecule has 150 valence electrons. The summed E-state index contributed by atoms with van der Waals surface area (Å²) in [5, 5.41) is 5.83. The van der Waals surface area contributed by atoms with Gasteiger partial charge in [-0.1, -0.05) is 13.0 Å². The van der Waals surface area contributed by atoms with Gasteiger partial charge in [0.05, 0.1) is 30.5 Å². The Morgan fingerprint density at radius 2 is 2.17 bits per heavy atom. The fourth-order valence-corrected chi connectivity index (χ4v) is 3.16. The lowest BCUT2D eigenvalue weighted by molar-refractivity contribution is 0.0949. The number of rotatable bonds is 8. The van der Waals surface area contributed by atoms with Crippen LogP contribution in [0, 0.1) is 0 Å². The van der Waals surface area contributed by atoms with Crippen LogP contribution in [0.4, 0.5) is 0 Å². The van der Waals surface area contributed by atoms with Gasteiger partial charge in [0.1, 0.15) is 5.69 Å². The molecule has 0 fully saturated rings. The van der Waals surface area contributed by atoms with Gasteiger partial charge in [-0.3, -0.25) is 4.79 Å². The summed E-state index contributed by atoms with van der Waals surface area (Å²) in [4.78, 5) is 31.3. The SMILES string of the molecule is CCCOc1cc(/C=N/NC(=O)c2cc(-c3cccs3)[nH]c(=O)n2)ccc1OC. The lowest BCUT2D eigenvalue weighted by atomic mass is 10.2. The average molecular weight is 412 g/mol. The Hall–Kier alpha value is -3.46. The monoisotopic (exact) mass is 412 g/mol. The number of hydrazone groups is 1. The number of nitrogens with zero attached hydrogens (tertiary/aromatic N) is 2. The Kier molecular flexibility index (Phi) is 6.75. The van der Waals surface area contributed by atoms with E-state index in [9.17, 15) is 9.59 Å². The first kappa shape index (κ1) is 20.3. The molecule has 0 aliphatic heterocycles. The molecule has 29 heavy (non-hydrogen) atoms. The quantitative estimate of drug-likeness (QED) is 0.437. The number of aromatic amines is 1. The Balaban J connectivity index is 1.72. The molecule has 0 atom stereocenters. The van der Waals surface area contributed by atoms with Gasteiger partial charge in [-0.25, -0.2) is 10.2 Å². The highest BCUT2D eigenvalue weighted by Crippen LogP contribution is 2.27. The highest BCUT2D eigenvalue weighted by molar-refractivity contribution is 7.13. The number of carbonyl (C=O) groups excluding carboxylic acids is 1. The van der Waals surface area contributed by atoms with Crippen molar-refractivity contribution in [3.05, 3.63) is 63.5 Å². The van der Waals surface area contributed by atoms with Crippen LogP contribution in [0.25, 0.3) is 10.6 Å². The molecule has 0 saturated carbocycles. The number of H-pyrrole nitrogens is 1. The van der Waals surface area contributed by atoms with Crippen LogP contribution < -0.4 is 20.6 Å². The van der Waals surface area contributed by atoms with Gasteiger partial charge in [0, 0.05) is 0 Å². The summed E-state index contributed by atoms with van der Waals surface area (Å²) in [5.41, 5.74) is 3.02. The van der Waals surface area contributed by atoms with Gasteiger partial charge in [0.25, 0.3) is 5.91 Å². The standard InChI is InChI=1S/C20H20N4O4S/c1-3-8-28-17-10-13(6-7-16(17)27-2)12-21-24-19(25)15-11-14(22-20(26)23-15)18-5-4-9-29-18/h4-7,9-12H,3,8H2,1-2H3,(H,24,25)(H,22,23,26)/b21-12+. The minimum Gasteiger partial charge on any atom is -0.493 e. The first-order valence-corrected chi connectivity index (χ1v) is 9.78. The molecular formula is C20H20N4O4S. The smallest absolute Gasteiger partial charge is 0.346 e. The molecule has 2 heterocycles. The van der Waals surface area contributed by atoms with E-state index in [1.54, 1.807) is 25.3 Å². The minimum atomic E-state index is -0.599. The summed E-state index contributed by atoms with van der Waals surface area (Å²) in [6.45, 7) is 2.58. The molecule has 0 aliphatic carbocycles. The molecule has 1 amide bonds. The van der Waals surface area contributed by atoms with Crippen molar-refractivity contribution in [1.29, 1.82) is 0 Å². The van der Waals surface area contributed by atoms with Crippen molar-refractivity contribution >= 4 is 23.5 Å². The maximum absolute atomic E-state index is 12.3. The van der Waals surface area contributed by atoms with E-state index in [0.29, 0.717) is 23.8 Å². The van der Waals surface area contributed by atoms with Gasteiger partial charge in [-0.2, -0.15) is 10.1 Å². The molecule has 2 aromatic heterocycles. The van der Waals surface area contributed by atoms with Crippen LogP contribution in [0.3, 0.4) is 0 Å². The number of benzene rings is 1. The van der Waals surface area contributed by atoms with E-state index in [-0.39, 0.29) is 5.69 Å². The highest BCUT2D eigenvalue weighted by Gasteiger charge is 2.11. The van der Waals surface area contributed by atoms with E-state index < -0.39 is 11.6 Å². The number of methoxy groups -OCH3 is 1. The van der Waals surface area contributed by atoms with Crippen LogP contribution in [0.1, 0.15) is 29.4 Å². The molecule has 9 heteroatoms. The van der Waals surface area contributed by atoms with Crippen LogP contribution in [-0.2, 0) is 0 Å². The fourth-order valence-electron chi connectivity index (χ4n) is 2.46. The Labute approximate surface area is 171 Å². The zero-order valence-electron chi connectivity index (χ0n) is 16.0. The summed E-state index contributed by atoms with van der Waals surface area (Å²) in [6.07, 6.45) is 2.34. The van der Waals surface area contributed by atoms with Gasteiger partial charge >= 0.3 is 5.69 Å². The number of hydrogen-bond donors (Lipinski definition) is 2. The van der Waals surface area contributed by atoms with Gasteiger partial charge in [0.15, 0.2) is 11.5 Å². The van der Waals surface area contributed by atoms with Crippen molar-refractivity contribution in [2.24, 2.45) is 5.10 Å². The Bertz CT molecular complexity index is 1060. The summed E-state index contributed by atoms with van der Waals surface area (Å²) >= 11 is 1.45. The van der Waals surface area contributed by atoms with Gasteiger partial charge in [-0.05, 0) is 47.7 Å². The lowest BCUT2D eigenvalue weighted by Crippen LogP contribution is -2.24. The second kappa shape index (κ2) is 9.65. The maximum Gasteiger partial charge on any atom is 0.346 e. The molecule has 3 aromatic rings. The van der Waals surface area contributed by atoms with Crippen LogP contribution in [0.2, 0.25) is 0 Å². The molecule has 2 N–H and O–H groups in total. The van der Waals surface area contributed by atoms with E-state index in [4.69, 9.17) is 9.47 Å². The van der Waals surface area contributed by atoms with E-state index in [1.165, 1.54) is 23.6 Å². The van der Waals surface area contributed by atoms with Gasteiger partial charge in [-0.15, -0.1) is 11.3 Å². The number of carbonyl (C=O) groups is 1. The van der Waals surface area contributed by atoms with E-state index in [0.717, 1.165) is 16.9 Å². The molecule has 0 unspecified atom stereocenters. The molecule has 3 rings (SSSR count). The number of amides is 1. The van der Waals surface area contributed by atoms with Crippen molar-refractivity contribution in [3.63, 3.8) is 0 Å². The second-order valence-electron chi connectivity index (χ2n) is 5.92. The molecule has 0 spiro atoms. The number of ether oxygens (including phenoxy) is 2. The summed E-state index contributed by atoms with van der Waals surface area (Å²) in [7, 11) is 1.57. The average Bonchev–Trinajstić information content (AvgIpc) is 3.27. The summed E-state index contributed by atoms with van der Waals surface area (Å²) in [5.74, 6) is 0.635.